The first-order valence-electron chi connectivity index (χ1n) is 7.26. The van der Waals surface area contributed by atoms with E-state index in [1.807, 2.05) is 24.3 Å². The van der Waals surface area contributed by atoms with Crippen molar-refractivity contribution in [2.45, 2.75) is 19.6 Å². The molecule has 0 saturated carbocycles. The molecule has 8 heteroatoms. The normalized spacial score (nSPS) is 12.5. The second-order valence-electron chi connectivity index (χ2n) is 5.21. The molecule has 132 valence electrons. The minimum Gasteiger partial charge on any atom is -0.387 e. The average molecular weight is 464 g/mol. The summed E-state index contributed by atoms with van der Waals surface area (Å²) < 4.78 is 12.9. The number of nitrogens with one attached hydrogen (secondary N) is 1. The molecular formula is C16H22FIN4OS. The summed E-state index contributed by atoms with van der Waals surface area (Å²) in [4.78, 5) is 10.6. The molecule has 1 aromatic heterocycles. The lowest BCUT2D eigenvalue weighted by Crippen LogP contribution is -2.40. The summed E-state index contributed by atoms with van der Waals surface area (Å²) >= 11 is 1.61. The Morgan fingerprint density at radius 2 is 2.08 bits per heavy atom. The summed E-state index contributed by atoms with van der Waals surface area (Å²) in [5, 5.41) is 16.3. The predicted octanol–water partition coefficient (Wildman–Crippen LogP) is 2.95. The molecule has 2 rings (SSSR count). The highest BCUT2D eigenvalue weighted by Gasteiger charge is 2.12. The van der Waals surface area contributed by atoms with Gasteiger partial charge in [-0.15, -0.1) is 35.3 Å². The highest BCUT2D eigenvalue weighted by atomic mass is 127. The monoisotopic (exact) mass is 464 g/mol. The number of aliphatic hydroxyl groups excluding tert-OH is 1. The maximum atomic E-state index is 12.9. The summed E-state index contributed by atoms with van der Waals surface area (Å²) in [6, 6.07) is 5.83. The van der Waals surface area contributed by atoms with E-state index in [-0.39, 0.29) is 29.8 Å². The van der Waals surface area contributed by atoms with E-state index < -0.39 is 6.10 Å². The van der Waals surface area contributed by atoms with E-state index in [1.165, 1.54) is 12.1 Å². The van der Waals surface area contributed by atoms with Gasteiger partial charge in [0.15, 0.2) is 5.96 Å². The SMILES string of the molecule is CN=C(NCC(O)c1ccc(F)cc1)N(C)Cc1csc(C)n1.I. The minimum atomic E-state index is -0.734. The first-order chi connectivity index (χ1) is 11.0. The summed E-state index contributed by atoms with van der Waals surface area (Å²) in [5.41, 5.74) is 1.64. The molecule has 0 amide bonds. The number of aryl methyl sites for hydroxylation is 1. The van der Waals surface area contributed by atoms with Gasteiger partial charge in [0.2, 0.25) is 0 Å². The lowest BCUT2D eigenvalue weighted by Gasteiger charge is -2.22. The van der Waals surface area contributed by atoms with Crippen LogP contribution in [0.2, 0.25) is 0 Å². The van der Waals surface area contributed by atoms with Crippen LogP contribution in [0.3, 0.4) is 0 Å². The molecule has 1 heterocycles. The van der Waals surface area contributed by atoms with Crippen molar-refractivity contribution in [2.75, 3.05) is 20.6 Å². The van der Waals surface area contributed by atoms with Crippen LogP contribution < -0.4 is 5.32 Å². The summed E-state index contributed by atoms with van der Waals surface area (Å²) in [5.74, 6) is 0.347. The number of hydrogen-bond acceptors (Lipinski definition) is 4. The van der Waals surface area contributed by atoms with Crippen LogP contribution in [-0.2, 0) is 6.54 Å². The van der Waals surface area contributed by atoms with Gasteiger partial charge < -0.3 is 15.3 Å². The zero-order valence-corrected chi connectivity index (χ0v) is 17.0. The molecule has 0 fully saturated rings. The second kappa shape index (κ2) is 9.90. The summed E-state index contributed by atoms with van der Waals surface area (Å²) in [6.07, 6.45) is -0.734. The maximum Gasteiger partial charge on any atom is 0.193 e. The zero-order valence-electron chi connectivity index (χ0n) is 13.9. The van der Waals surface area contributed by atoms with Crippen molar-refractivity contribution < 1.29 is 9.50 Å². The van der Waals surface area contributed by atoms with E-state index in [0.29, 0.717) is 24.6 Å². The lowest BCUT2D eigenvalue weighted by molar-refractivity contribution is 0.179. The van der Waals surface area contributed by atoms with Crippen LogP contribution in [0.15, 0.2) is 34.6 Å². The molecule has 0 aliphatic carbocycles. The molecule has 0 radical (unpaired) electrons. The minimum absolute atomic E-state index is 0. The molecule has 24 heavy (non-hydrogen) atoms. The van der Waals surface area contributed by atoms with Crippen LogP contribution in [0.1, 0.15) is 22.4 Å². The Morgan fingerprint density at radius 3 is 2.62 bits per heavy atom. The van der Waals surface area contributed by atoms with E-state index in [2.05, 4.69) is 15.3 Å². The fourth-order valence-electron chi connectivity index (χ4n) is 2.17. The quantitative estimate of drug-likeness (QED) is 0.406. The van der Waals surface area contributed by atoms with Gasteiger partial charge >= 0.3 is 0 Å². The van der Waals surface area contributed by atoms with Gasteiger partial charge in [0, 0.05) is 26.0 Å². The van der Waals surface area contributed by atoms with Crippen LogP contribution in [0, 0.1) is 12.7 Å². The average Bonchev–Trinajstić information content (AvgIpc) is 2.93. The first-order valence-corrected chi connectivity index (χ1v) is 8.14. The number of hydrogen-bond donors (Lipinski definition) is 2. The molecule has 1 aromatic carbocycles. The van der Waals surface area contributed by atoms with E-state index in [1.54, 1.807) is 30.5 Å². The number of aromatic nitrogens is 1. The summed E-state index contributed by atoms with van der Waals surface area (Å²) in [6.45, 7) is 2.90. The third kappa shape index (κ3) is 5.99. The van der Waals surface area contributed by atoms with Crippen molar-refractivity contribution in [1.29, 1.82) is 0 Å². The molecular weight excluding hydrogens is 442 g/mol. The molecule has 0 aliphatic rings. The highest BCUT2D eigenvalue weighted by Crippen LogP contribution is 2.13. The number of thiazole rings is 1. The summed E-state index contributed by atoms with van der Waals surface area (Å²) in [7, 11) is 3.60. The van der Waals surface area contributed by atoms with Gasteiger partial charge in [0.05, 0.1) is 23.4 Å². The molecule has 1 unspecified atom stereocenters. The van der Waals surface area contributed by atoms with Crippen molar-refractivity contribution in [1.82, 2.24) is 15.2 Å². The molecule has 0 spiro atoms. The van der Waals surface area contributed by atoms with Crippen LogP contribution in [0.5, 0.6) is 0 Å². The molecule has 5 nitrogen and oxygen atoms in total. The van der Waals surface area contributed by atoms with Gasteiger partial charge in [-0.25, -0.2) is 9.37 Å². The largest absolute Gasteiger partial charge is 0.387 e. The van der Waals surface area contributed by atoms with Crippen molar-refractivity contribution in [3.8, 4) is 0 Å². The van der Waals surface area contributed by atoms with Gasteiger partial charge in [-0.2, -0.15) is 0 Å². The maximum absolute atomic E-state index is 12.9. The topological polar surface area (TPSA) is 60.8 Å². The Bertz CT molecular complexity index is 662. The van der Waals surface area contributed by atoms with Crippen LogP contribution in [-0.4, -0.2) is 41.6 Å². The Balaban J connectivity index is 0.00000288. The van der Waals surface area contributed by atoms with Crippen LogP contribution >= 0.6 is 35.3 Å². The van der Waals surface area contributed by atoms with E-state index >= 15 is 0 Å². The van der Waals surface area contributed by atoms with Gasteiger partial charge in [-0.05, 0) is 24.6 Å². The fraction of sp³-hybridized carbons (Fsp3) is 0.375. The predicted molar refractivity (Wildman–Crippen MR) is 106 cm³/mol. The number of rotatable bonds is 5. The number of aliphatic hydroxyl groups is 1. The van der Waals surface area contributed by atoms with E-state index in [4.69, 9.17) is 0 Å². The standard InChI is InChI=1S/C16H21FN4OS.HI/c1-11-20-14(10-23-11)9-21(3)16(18-2)19-8-15(22)12-4-6-13(17)7-5-12;/h4-7,10,15,22H,8-9H2,1-3H3,(H,18,19);1H. The highest BCUT2D eigenvalue weighted by molar-refractivity contribution is 14.0. The van der Waals surface area contributed by atoms with Crippen LogP contribution in [0.4, 0.5) is 4.39 Å². The van der Waals surface area contributed by atoms with Crippen molar-refractivity contribution >= 4 is 41.3 Å². The number of aliphatic imine (C=N–C) groups is 1. The molecule has 2 aromatic rings. The van der Waals surface area contributed by atoms with Crippen molar-refractivity contribution in [3.63, 3.8) is 0 Å². The zero-order chi connectivity index (χ0) is 16.8. The van der Waals surface area contributed by atoms with Gasteiger partial charge in [-0.1, -0.05) is 12.1 Å². The van der Waals surface area contributed by atoms with Crippen molar-refractivity contribution in [3.05, 3.63) is 51.7 Å². The van der Waals surface area contributed by atoms with Crippen LogP contribution in [0.25, 0.3) is 0 Å². The van der Waals surface area contributed by atoms with E-state index in [9.17, 15) is 9.50 Å². The fourth-order valence-corrected chi connectivity index (χ4v) is 2.78. The Kier molecular flexibility index (Phi) is 8.57. The van der Waals surface area contributed by atoms with Crippen molar-refractivity contribution in [2.24, 2.45) is 4.99 Å². The number of guanidine groups is 1. The van der Waals surface area contributed by atoms with Gasteiger partial charge in [0.1, 0.15) is 5.82 Å². The third-order valence-electron chi connectivity index (χ3n) is 3.35. The number of benzene rings is 1. The molecule has 0 saturated heterocycles. The van der Waals surface area contributed by atoms with Gasteiger partial charge in [-0.3, -0.25) is 4.99 Å². The number of halogens is 2. The second-order valence-corrected chi connectivity index (χ2v) is 6.27. The molecule has 2 N–H and O–H groups in total. The Labute approximate surface area is 162 Å². The molecule has 0 aliphatic heterocycles. The third-order valence-corrected chi connectivity index (χ3v) is 4.17. The smallest absolute Gasteiger partial charge is 0.193 e. The van der Waals surface area contributed by atoms with E-state index in [0.717, 1.165) is 10.7 Å². The Morgan fingerprint density at radius 1 is 1.42 bits per heavy atom. The Hall–Kier alpha value is -1.26. The first kappa shape index (κ1) is 20.8. The lowest BCUT2D eigenvalue weighted by atomic mass is 10.1. The number of nitrogens with zero attached hydrogens (tertiary/aromatic N) is 3. The molecule has 0 bridgehead atoms. The van der Waals surface area contributed by atoms with Gasteiger partial charge in [0.25, 0.3) is 0 Å². The molecule has 1 atom stereocenters.